The van der Waals surface area contributed by atoms with Crippen LogP contribution in [0.15, 0.2) is 72.8 Å². The minimum atomic E-state index is -0.715. The van der Waals surface area contributed by atoms with Gasteiger partial charge in [0, 0.05) is 41.8 Å². The lowest BCUT2D eigenvalue weighted by Gasteiger charge is -2.18. The lowest BCUT2D eigenvalue weighted by molar-refractivity contribution is -0.00853. The summed E-state index contributed by atoms with van der Waals surface area (Å²) in [5, 5.41) is 24.0. The normalized spacial score (nSPS) is 9.02. The first-order valence-electron chi connectivity index (χ1n) is 17.0. The molecule has 3 rings (SSSR count). The first-order valence-corrected chi connectivity index (χ1v) is 17.0. The number of benzene rings is 3. The molecule has 8 N–H and O–H groups in total. The fourth-order valence-corrected chi connectivity index (χ4v) is 2.66. The third-order valence-corrected chi connectivity index (χ3v) is 6.77. The van der Waals surface area contributed by atoms with Crippen molar-refractivity contribution >= 4 is 11.4 Å². The van der Waals surface area contributed by atoms with Crippen LogP contribution in [0.4, 0.5) is 0 Å². The predicted octanol–water partition coefficient (Wildman–Crippen LogP) is 8.66. The highest BCUT2D eigenvalue weighted by molar-refractivity contribution is 5.94. The zero-order valence-electron chi connectivity index (χ0n) is 33.4. The Balaban J connectivity index is -0.000000167. The van der Waals surface area contributed by atoms with Crippen molar-refractivity contribution in [1.82, 2.24) is 0 Å². The van der Waals surface area contributed by atoms with Gasteiger partial charge in [0.15, 0.2) is 0 Å². The molecule has 3 aromatic carbocycles. The quantitative estimate of drug-likeness (QED) is 0.0632. The number of unbranched alkanes of at least 4 members (excludes halogenated alkanes) is 1. The zero-order chi connectivity index (χ0) is 41.1. The third kappa shape index (κ3) is 37.8. The van der Waals surface area contributed by atoms with Crippen molar-refractivity contribution in [3.05, 3.63) is 117 Å². The molecule has 0 saturated heterocycles. The average Bonchev–Trinajstić information content (AvgIpc) is 3.14. The predicted molar refractivity (Wildman–Crippen MR) is 211 cm³/mol. The lowest BCUT2D eigenvalue weighted by Crippen LogP contribution is -2.44. The van der Waals surface area contributed by atoms with Crippen molar-refractivity contribution in [3.63, 3.8) is 0 Å². The Bertz CT molecular complexity index is 1380. The monoisotopic (exact) mass is 703 g/mol. The third-order valence-electron chi connectivity index (χ3n) is 6.77. The summed E-state index contributed by atoms with van der Waals surface area (Å²) in [6.45, 7) is 23.7. The SMILES string of the molecule is CC(=[N+]=[N-])c1ccc(C)cc1.CCC(C)(N)N.CCC(C)=[N+]=[N-].CCCC.CCc1ccc(C)cc1.Cc1ccc(C(C)(N)N)cc1.N#N.N#N. The second-order valence-electron chi connectivity index (χ2n) is 12.1. The molecule has 12 heteroatoms. The Morgan fingerprint density at radius 3 is 1.16 bits per heavy atom. The Hall–Kier alpha value is -4.90. The highest BCUT2D eigenvalue weighted by atomic mass is 14.9. The van der Waals surface area contributed by atoms with Gasteiger partial charge in [-0.3, -0.25) is 0 Å². The van der Waals surface area contributed by atoms with Crippen LogP contribution < -0.4 is 22.9 Å². The first kappa shape index (κ1) is 55.5. The van der Waals surface area contributed by atoms with Gasteiger partial charge in [0.1, 0.15) is 0 Å². The summed E-state index contributed by atoms with van der Waals surface area (Å²) in [4.78, 5) is 6.03. The molecule has 282 valence electrons. The Morgan fingerprint density at radius 1 is 0.608 bits per heavy atom. The van der Waals surface area contributed by atoms with Gasteiger partial charge in [0.2, 0.25) is 0 Å². The maximum absolute atomic E-state index is 8.45. The van der Waals surface area contributed by atoms with Crippen LogP contribution in [-0.2, 0) is 12.1 Å². The van der Waals surface area contributed by atoms with Crippen molar-refractivity contribution in [2.75, 3.05) is 0 Å². The summed E-state index contributed by atoms with van der Waals surface area (Å²) in [7, 11) is 0. The molecule has 0 fully saturated rings. The highest BCUT2D eigenvalue weighted by Crippen LogP contribution is 2.11. The minimum absolute atomic E-state index is 0.458. The summed E-state index contributed by atoms with van der Waals surface area (Å²) in [5.74, 6) is 0. The number of hydrogen-bond donors (Lipinski definition) is 4. The molecule has 0 saturated carbocycles. The van der Waals surface area contributed by atoms with Gasteiger partial charge in [0.05, 0.1) is 16.9 Å². The molecular weight excluding hydrogens is 637 g/mol. The molecule has 0 atom stereocenters. The first-order chi connectivity index (χ1) is 23.8. The number of rotatable bonds is 6. The summed E-state index contributed by atoms with van der Waals surface area (Å²) in [6.07, 6.45) is 5.43. The standard InChI is InChI=1S/C9H14N2.C9H10N2.C9H12.C4H8N2.C4H12N2.C4H10.2N2/c1-7-3-5-8(6-4-7)9(2,10)11;1-7-3-5-9(6-4-7)8(2)11-10;1-3-9-6-4-8(2)5-7-9;1-3-4(2)6-5;1-3-4(2,5)6;1-3-4-2;2*1-2/h3-6H,10-11H2,1-2H3;3-6H,1-2H3;4-7H,3H2,1-2H3;3H2,1-2H3;3,5-6H2,1-2H3;3-4H2,1-2H3;;. The Labute approximate surface area is 308 Å². The maximum Gasteiger partial charge on any atom is 0.296 e. The van der Waals surface area contributed by atoms with Crippen LogP contribution in [0.1, 0.15) is 121 Å². The number of nitrogens with zero attached hydrogens (tertiary/aromatic N) is 8. The molecule has 0 aliphatic rings. The van der Waals surface area contributed by atoms with E-state index in [1.165, 1.54) is 35.1 Å². The highest BCUT2D eigenvalue weighted by Gasteiger charge is 2.13. The van der Waals surface area contributed by atoms with Crippen LogP contribution in [0.5, 0.6) is 0 Å². The van der Waals surface area contributed by atoms with Gasteiger partial charge in [0.25, 0.3) is 11.4 Å². The van der Waals surface area contributed by atoms with E-state index in [0.29, 0.717) is 5.71 Å². The van der Waals surface area contributed by atoms with Crippen LogP contribution in [0.3, 0.4) is 0 Å². The van der Waals surface area contributed by atoms with Crippen LogP contribution in [-0.4, -0.2) is 26.7 Å². The van der Waals surface area contributed by atoms with Crippen LogP contribution in [0.2, 0.25) is 0 Å². The van der Waals surface area contributed by atoms with Crippen molar-refractivity contribution in [2.45, 2.75) is 127 Å². The number of nitrogens with two attached hydrogens (primary N) is 4. The molecule has 0 bridgehead atoms. The summed E-state index contributed by atoms with van der Waals surface area (Å²) in [5.41, 5.74) is 45.7. The number of hydrogen-bond acceptors (Lipinski definition) is 8. The van der Waals surface area contributed by atoms with Crippen molar-refractivity contribution in [3.8, 4) is 0 Å². The van der Waals surface area contributed by atoms with Gasteiger partial charge in [-0.15, -0.1) is 0 Å². The Kier molecular flexibility index (Phi) is 38.0. The molecule has 0 aliphatic heterocycles. The topological polar surface area (TPSA) is 272 Å². The van der Waals surface area contributed by atoms with Gasteiger partial charge in [-0.1, -0.05) is 125 Å². The largest absolute Gasteiger partial charge is 0.362 e. The van der Waals surface area contributed by atoms with E-state index in [-0.39, 0.29) is 0 Å². The van der Waals surface area contributed by atoms with Gasteiger partial charge >= 0.3 is 0 Å². The summed E-state index contributed by atoms with van der Waals surface area (Å²) >= 11 is 0. The number of aryl methyl sites for hydroxylation is 4. The van der Waals surface area contributed by atoms with Crippen molar-refractivity contribution in [1.29, 1.82) is 21.6 Å². The van der Waals surface area contributed by atoms with E-state index < -0.39 is 11.3 Å². The van der Waals surface area contributed by atoms with Gasteiger partial charge in [-0.05, 0) is 70.7 Å². The van der Waals surface area contributed by atoms with E-state index in [2.05, 4.69) is 61.5 Å². The minimum Gasteiger partial charge on any atom is -0.362 e. The molecule has 12 nitrogen and oxygen atoms in total. The fourth-order valence-electron chi connectivity index (χ4n) is 2.66. The molecule has 0 aromatic heterocycles. The van der Waals surface area contributed by atoms with Gasteiger partial charge in [-0.2, -0.15) is 9.58 Å². The summed E-state index contributed by atoms with van der Waals surface area (Å²) in [6, 6.07) is 24.4. The molecule has 0 amide bonds. The molecule has 51 heavy (non-hydrogen) atoms. The molecule has 0 unspecified atom stereocenters. The second kappa shape index (κ2) is 34.9. The van der Waals surface area contributed by atoms with Crippen LogP contribution in [0.25, 0.3) is 11.1 Å². The van der Waals surface area contributed by atoms with E-state index >= 15 is 0 Å². The van der Waals surface area contributed by atoms with E-state index in [1.807, 2.05) is 76.2 Å². The molecule has 0 spiro atoms. The van der Waals surface area contributed by atoms with E-state index in [4.69, 9.17) is 55.6 Å². The van der Waals surface area contributed by atoms with Gasteiger partial charge in [-0.25, -0.2) is 0 Å². The van der Waals surface area contributed by atoms with E-state index in [1.54, 1.807) is 27.7 Å². The molecule has 3 aromatic rings. The molecule has 0 radical (unpaired) electrons. The average molecular weight is 703 g/mol. The van der Waals surface area contributed by atoms with Crippen LogP contribution >= 0.6 is 0 Å². The molecule has 0 heterocycles. The van der Waals surface area contributed by atoms with Gasteiger partial charge < -0.3 is 34.0 Å². The van der Waals surface area contributed by atoms with E-state index in [0.717, 1.165) is 36.1 Å². The van der Waals surface area contributed by atoms with E-state index in [9.17, 15) is 0 Å². The smallest absolute Gasteiger partial charge is 0.296 e. The lowest BCUT2D eigenvalue weighted by atomic mass is 10.0. The summed E-state index contributed by atoms with van der Waals surface area (Å²) < 4.78 is 0. The Morgan fingerprint density at radius 2 is 0.941 bits per heavy atom. The fraction of sp³-hybridized carbons (Fsp3) is 0.487. The van der Waals surface area contributed by atoms with Crippen LogP contribution in [0, 0.1) is 42.3 Å². The van der Waals surface area contributed by atoms with Crippen molar-refractivity contribution in [2.24, 2.45) is 22.9 Å². The molecule has 0 aliphatic carbocycles. The van der Waals surface area contributed by atoms with Crippen molar-refractivity contribution < 1.29 is 9.58 Å². The molecular formula is C39H66N12. The second-order valence-corrected chi connectivity index (χ2v) is 12.1. The maximum atomic E-state index is 8.45. The zero-order valence-corrected chi connectivity index (χ0v) is 33.4.